The van der Waals surface area contributed by atoms with Crippen molar-refractivity contribution in [2.24, 2.45) is 4.99 Å². The molecule has 0 saturated heterocycles. The minimum atomic E-state index is -0.714. The zero-order chi connectivity index (χ0) is 29.7. The molecule has 11 nitrogen and oxygen atoms in total. The first-order valence-electron chi connectivity index (χ1n) is 13.4. The van der Waals surface area contributed by atoms with Crippen LogP contribution in [0.15, 0.2) is 52.4 Å². The maximum Gasteiger partial charge on any atom is 0.341 e. The molecular weight excluding hydrogens is 528 g/mol. The van der Waals surface area contributed by atoms with Crippen LogP contribution in [0.5, 0.6) is 11.5 Å². The Hall–Kier alpha value is -4.51. The van der Waals surface area contributed by atoms with Gasteiger partial charge in [-0.1, -0.05) is 6.07 Å². The summed E-state index contributed by atoms with van der Waals surface area (Å²) in [5.41, 5.74) is 1.41. The molecule has 0 atom stereocenters. The van der Waals surface area contributed by atoms with Gasteiger partial charge in [-0.25, -0.2) is 9.78 Å². The van der Waals surface area contributed by atoms with E-state index in [0.29, 0.717) is 35.8 Å². The van der Waals surface area contributed by atoms with E-state index in [1.165, 1.54) is 30.8 Å². The number of hydrogen-bond acceptors (Lipinski definition) is 8. The van der Waals surface area contributed by atoms with Crippen LogP contribution in [0.1, 0.15) is 53.5 Å². The largest absolute Gasteiger partial charge is 0.493 e. The van der Waals surface area contributed by atoms with Gasteiger partial charge in [0, 0.05) is 24.9 Å². The highest BCUT2D eigenvalue weighted by molar-refractivity contribution is 5.97. The number of rotatable bonds is 10. The highest BCUT2D eigenvalue weighted by Crippen LogP contribution is 2.27. The van der Waals surface area contributed by atoms with Gasteiger partial charge in [0.1, 0.15) is 16.9 Å². The van der Waals surface area contributed by atoms with E-state index in [-0.39, 0.29) is 46.8 Å². The van der Waals surface area contributed by atoms with Gasteiger partial charge in [0.2, 0.25) is 0 Å². The van der Waals surface area contributed by atoms with Gasteiger partial charge in [-0.2, -0.15) is 4.99 Å². The molecule has 216 valence electrons. The van der Waals surface area contributed by atoms with E-state index < -0.39 is 11.9 Å². The third kappa shape index (κ3) is 6.14. The number of esters is 1. The van der Waals surface area contributed by atoms with E-state index in [1.807, 2.05) is 26.8 Å². The van der Waals surface area contributed by atoms with Crippen molar-refractivity contribution in [2.75, 3.05) is 27.4 Å². The fourth-order valence-electron chi connectivity index (χ4n) is 4.45. The fourth-order valence-corrected chi connectivity index (χ4v) is 4.45. The van der Waals surface area contributed by atoms with E-state index in [0.717, 1.165) is 5.56 Å². The molecule has 11 heteroatoms. The van der Waals surface area contributed by atoms with E-state index in [1.54, 1.807) is 35.9 Å². The molecular formula is C30H34N4O7. The lowest BCUT2D eigenvalue weighted by Crippen LogP contribution is -2.33. The van der Waals surface area contributed by atoms with Gasteiger partial charge in [-0.3, -0.25) is 14.0 Å². The molecule has 0 unspecified atom stereocenters. The van der Waals surface area contributed by atoms with Gasteiger partial charge in [0.25, 0.3) is 11.5 Å². The number of carbonyl (C=O) groups is 2. The Morgan fingerprint density at radius 3 is 2.49 bits per heavy atom. The first-order valence-corrected chi connectivity index (χ1v) is 13.4. The minimum Gasteiger partial charge on any atom is -0.493 e. The number of methoxy groups -OCH3 is 2. The molecule has 0 radical (unpaired) electrons. The predicted molar refractivity (Wildman–Crippen MR) is 153 cm³/mol. The molecule has 0 bridgehead atoms. The molecule has 0 aliphatic rings. The number of ether oxygens (including phenoxy) is 4. The van der Waals surface area contributed by atoms with Crippen molar-refractivity contribution in [3.8, 4) is 11.5 Å². The van der Waals surface area contributed by atoms with Crippen LogP contribution >= 0.6 is 0 Å². The third-order valence-corrected chi connectivity index (χ3v) is 6.42. The molecule has 0 aliphatic heterocycles. The SMILES string of the molecule is CCOC(=O)c1cc2c(=O)n3cccc(C)c3nc2n(CCCOC(C)C)c1=NC(=O)c1ccc(OC)c(OC)c1. The Labute approximate surface area is 237 Å². The fraction of sp³-hybridized carbons (Fsp3) is 0.367. The molecule has 3 heterocycles. The summed E-state index contributed by atoms with van der Waals surface area (Å²) in [6, 6.07) is 9.68. The molecule has 41 heavy (non-hydrogen) atoms. The normalized spacial score (nSPS) is 11.8. The second-order valence-electron chi connectivity index (χ2n) is 9.55. The quantitative estimate of drug-likeness (QED) is 0.163. The smallest absolute Gasteiger partial charge is 0.341 e. The number of benzene rings is 1. The average Bonchev–Trinajstić information content (AvgIpc) is 2.96. The number of carbonyl (C=O) groups excluding carboxylic acids is 2. The van der Waals surface area contributed by atoms with Crippen LogP contribution in [0, 0.1) is 6.92 Å². The van der Waals surface area contributed by atoms with Crippen LogP contribution < -0.4 is 20.5 Å². The Morgan fingerprint density at radius 1 is 1.05 bits per heavy atom. The van der Waals surface area contributed by atoms with Crippen molar-refractivity contribution < 1.29 is 28.5 Å². The Kier molecular flexibility index (Phi) is 9.18. The number of aromatic nitrogens is 3. The lowest BCUT2D eigenvalue weighted by Gasteiger charge is -2.16. The Morgan fingerprint density at radius 2 is 1.80 bits per heavy atom. The van der Waals surface area contributed by atoms with Crippen molar-refractivity contribution >= 4 is 28.6 Å². The third-order valence-electron chi connectivity index (χ3n) is 6.42. The maximum absolute atomic E-state index is 13.6. The summed E-state index contributed by atoms with van der Waals surface area (Å²) in [5, 5.41) is 0.193. The number of nitrogens with zero attached hydrogens (tertiary/aromatic N) is 4. The van der Waals surface area contributed by atoms with Crippen molar-refractivity contribution in [1.29, 1.82) is 0 Å². The van der Waals surface area contributed by atoms with Crippen LogP contribution in [-0.2, 0) is 16.0 Å². The molecule has 0 N–H and O–H groups in total. The zero-order valence-corrected chi connectivity index (χ0v) is 24.1. The highest BCUT2D eigenvalue weighted by Gasteiger charge is 2.21. The summed E-state index contributed by atoms with van der Waals surface area (Å²) in [5.74, 6) is -0.534. The summed E-state index contributed by atoms with van der Waals surface area (Å²) in [6.45, 7) is 8.17. The van der Waals surface area contributed by atoms with Gasteiger partial charge in [-0.05, 0) is 70.0 Å². The topological polar surface area (TPSA) is 123 Å². The molecule has 3 aromatic heterocycles. The molecule has 4 aromatic rings. The van der Waals surface area contributed by atoms with Crippen molar-refractivity contribution in [3.63, 3.8) is 0 Å². The number of amides is 1. The standard InChI is InChI=1S/C30H34N4O7/c1-7-40-30(37)22-17-21-26(31-25-19(4)10-8-13-34(25)29(21)36)33(14-9-15-41-18(2)3)27(22)32-28(35)20-11-12-23(38-5)24(16-20)39-6/h8,10-13,16-18H,7,9,14-15H2,1-6H3. The van der Waals surface area contributed by atoms with E-state index >= 15 is 0 Å². The van der Waals surface area contributed by atoms with Crippen molar-refractivity contribution in [1.82, 2.24) is 14.0 Å². The second kappa shape index (κ2) is 12.8. The lowest BCUT2D eigenvalue weighted by molar-refractivity contribution is 0.0523. The van der Waals surface area contributed by atoms with Crippen LogP contribution in [0.3, 0.4) is 0 Å². The molecule has 0 spiro atoms. The van der Waals surface area contributed by atoms with Crippen molar-refractivity contribution in [3.05, 3.63) is 75.1 Å². The van der Waals surface area contributed by atoms with Gasteiger partial charge in [-0.15, -0.1) is 0 Å². The Bertz CT molecular complexity index is 1740. The van der Waals surface area contributed by atoms with Crippen LogP contribution in [-0.4, -0.2) is 59.4 Å². The average molecular weight is 563 g/mol. The molecule has 1 aromatic carbocycles. The molecule has 4 rings (SSSR count). The number of aryl methyl sites for hydroxylation is 2. The lowest BCUT2D eigenvalue weighted by atomic mass is 10.1. The monoisotopic (exact) mass is 562 g/mol. The van der Waals surface area contributed by atoms with E-state index in [4.69, 9.17) is 23.9 Å². The van der Waals surface area contributed by atoms with Gasteiger partial charge < -0.3 is 23.5 Å². The number of pyridine rings is 2. The number of hydrogen-bond donors (Lipinski definition) is 0. The molecule has 0 aliphatic carbocycles. The first kappa shape index (κ1) is 29.5. The minimum absolute atomic E-state index is 0.0211. The summed E-state index contributed by atoms with van der Waals surface area (Å²) in [4.78, 5) is 49.6. The molecule has 0 saturated carbocycles. The summed E-state index contributed by atoms with van der Waals surface area (Å²) >= 11 is 0. The molecule has 1 amide bonds. The summed E-state index contributed by atoms with van der Waals surface area (Å²) in [7, 11) is 2.96. The van der Waals surface area contributed by atoms with E-state index in [2.05, 4.69) is 4.99 Å². The number of fused-ring (bicyclic) bond motifs is 2. The van der Waals surface area contributed by atoms with Crippen LogP contribution in [0.4, 0.5) is 0 Å². The van der Waals surface area contributed by atoms with Gasteiger partial charge >= 0.3 is 5.97 Å². The zero-order valence-electron chi connectivity index (χ0n) is 24.1. The highest BCUT2D eigenvalue weighted by atomic mass is 16.5. The second-order valence-corrected chi connectivity index (χ2v) is 9.55. The van der Waals surface area contributed by atoms with Crippen LogP contribution in [0.2, 0.25) is 0 Å². The maximum atomic E-state index is 13.6. The van der Waals surface area contributed by atoms with Gasteiger partial charge in [0.05, 0.1) is 32.3 Å². The van der Waals surface area contributed by atoms with E-state index in [9.17, 15) is 14.4 Å². The van der Waals surface area contributed by atoms with Gasteiger partial charge in [0.15, 0.2) is 17.0 Å². The first-order chi connectivity index (χ1) is 19.7. The summed E-state index contributed by atoms with van der Waals surface area (Å²) < 4.78 is 24.7. The Balaban J connectivity index is 2.04. The van der Waals surface area contributed by atoms with Crippen molar-refractivity contribution in [2.45, 2.75) is 46.8 Å². The predicted octanol–water partition coefficient (Wildman–Crippen LogP) is 3.71. The summed E-state index contributed by atoms with van der Waals surface area (Å²) in [6.07, 6.45) is 2.15. The van der Waals surface area contributed by atoms with Crippen LogP contribution in [0.25, 0.3) is 16.7 Å². The molecule has 0 fully saturated rings.